The molecule has 0 radical (unpaired) electrons. The van der Waals surface area contributed by atoms with Gasteiger partial charge in [-0.15, -0.1) is 0 Å². The Hall–Kier alpha value is -0.740. The van der Waals surface area contributed by atoms with E-state index >= 15 is 0 Å². The number of rotatable bonds is 2. The highest BCUT2D eigenvalue weighted by molar-refractivity contribution is 9.10. The Labute approximate surface area is 116 Å². The summed E-state index contributed by atoms with van der Waals surface area (Å²) < 4.78 is 12.1. The molecule has 1 fully saturated rings. The van der Waals surface area contributed by atoms with Crippen molar-refractivity contribution < 1.29 is 9.47 Å². The lowest BCUT2D eigenvalue weighted by Gasteiger charge is -2.41. The van der Waals surface area contributed by atoms with Crippen molar-refractivity contribution in [3.05, 3.63) is 21.7 Å². The quantitative estimate of drug-likeness (QED) is 0.907. The van der Waals surface area contributed by atoms with Gasteiger partial charge in [-0.05, 0) is 58.3 Å². The Morgan fingerprint density at radius 1 is 1.33 bits per heavy atom. The molecule has 18 heavy (non-hydrogen) atoms. The molecule has 98 valence electrons. The molecule has 4 heteroatoms. The Kier molecular flexibility index (Phi) is 2.83. The molecule has 0 saturated heterocycles. The third kappa shape index (κ3) is 1.66. The van der Waals surface area contributed by atoms with Gasteiger partial charge < -0.3 is 15.2 Å². The van der Waals surface area contributed by atoms with E-state index in [4.69, 9.17) is 15.2 Å². The highest BCUT2D eigenvalue weighted by Crippen LogP contribution is 2.51. The SMILES string of the molecule is CC(C)c1c(C2(N)CCC2)cc2c(c1Br)OCO2. The first kappa shape index (κ1) is 12.3. The van der Waals surface area contributed by atoms with Crippen LogP contribution < -0.4 is 15.2 Å². The van der Waals surface area contributed by atoms with Crippen LogP contribution in [0.4, 0.5) is 0 Å². The van der Waals surface area contributed by atoms with Crippen LogP contribution in [0.5, 0.6) is 11.5 Å². The number of benzene rings is 1. The van der Waals surface area contributed by atoms with Crippen LogP contribution in [-0.2, 0) is 5.54 Å². The summed E-state index contributed by atoms with van der Waals surface area (Å²) in [5.74, 6) is 2.05. The number of fused-ring (bicyclic) bond motifs is 1. The number of ether oxygens (including phenoxy) is 2. The van der Waals surface area contributed by atoms with E-state index in [2.05, 4.69) is 35.8 Å². The van der Waals surface area contributed by atoms with Gasteiger partial charge in [-0.1, -0.05) is 13.8 Å². The van der Waals surface area contributed by atoms with Gasteiger partial charge in [-0.3, -0.25) is 0 Å². The lowest BCUT2D eigenvalue weighted by Crippen LogP contribution is -2.44. The van der Waals surface area contributed by atoms with Crippen molar-refractivity contribution >= 4 is 15.9 Å². The van der Waals surface area contributed by atoms with Gasteiger partial charge in [0.15, 0.2) is 11.5 Å². The summed E-state index contributed by atoms with van der Waals surface area (Å²) in [6.07, 6.45) is 3.32. The van der Waals surface area contributed by atoms with Gasteiger partial charge >= 0.3 is 0 Å². The summed E-state index contributed by atoms with van der Waals surface area (Å²) in [5.41, 5.74) is 8.82. The van der Waals surface area contributed by atoms with Gasteiger partial charge in [-0.2, -0.15) is 0 Å². The van der Waals surface area contributed by atoms with E-state index in [1.54, 1.807) is 0 Å². The van der Waals surface area contributed by atoms with Crippen molar-refractivity contribution in [1.29, 1.82) is 0 Å². The third-order valence-electron chi connectivity index (χ3n) is 4.00. The van der Waals surface area contributed by atoms with Crippen molar-refractivity contribution in [1.82, 2.24) is 0 Å². The van der Waals surface area contributed by atoms with Crippen LogP contribution in [0.2, 0.25) is 0 Å². The summed E-state index contributed by atoms with van der Waals surface area (Å²) in [4.78, 5) is 0. The topological polar surface area (TPSA) is 44.5 Å². The fourth-order valence-electron chi connectivity index (χ4n) is 2.82. The van der Waals surface area contributed by atoms with E-state index in [0.717, 1.165) is 28.8 Å². The molecular formula is C14H18BrNO2. The molecular weight excluding hydrogens is 294 g/mol. The van der Waals surface area contributed by atoms with Crippen LogP contribution in [0, 0.1) is 0 Å². The molecule has 1 aliphatic carbocycles. The number of halogens is 1. The monoisotopic (exact) mass is 311 g/mol. The van der Waals surface area contributed by atoms with Gasteiger partial charge in [0.2, 0.25) is 6.79 Å². The molecule has 0 amide bonds. The molecule has 1 aromatic carbocycles. The lowest BCUT2D eigenvalue weighted by molar-refractivity contribution is 0.173. The molecule has 0 atom stereocenters. The maximum atomic E-state index is 6.51. The fraction of sp³-hybridized carbons (Fsp3) is 0.571. The fourth-order valence-corrected chi connectivity index (χ4v) is 3.80. The number of hydrogen-bond donors (Lipinski definition) is 1. The minimum atomic E-state index is -0.177. The molecule has 0 unspecified atom stereocenters. The minimum Gasteiger partial charge on any atom is -0.454 e. The van der Waals surface area contributed by atoms with Crippen molar-refractivity contribution in [2.24, 2.45) is 5.73 Å². The number of nitrogens with two attached hydrogens (primary N) is 1. The average molecular weight is 312 g/mol. The molecule has 3 nitrogen and oxygen atoms in total. The van der Waals surface area contributed by atoms with E-state index in [0.29, 0.717) is 12.7 Å². The second kappa shape index (κ2) is 4.14. The zero-order chi connectivity index (χ0) is 12.9. The molecule has 1 aromatic rings. The summed E-state index contributed by atoms with van der Waals surface area (Å²) in [7, 11) is 0. The molecule has 1 saturated carbocycles. The molecule has 0 spiro atoms. The summed E-state index contributed by atoms with van der Waals surface area (Å²) in [5, 5.41) is 0. The van der Waals surface area contributed by atoms with Crippen molar-refractivity contribution in [2.45, 2.75) is 44.6 Å². The lowest BCUT2D eigenvalue weighted by atomic mass is 9.70. The van der Waals surface area contributed by atoms with Crippen LogP contribution in [-0.4, -0.2) is 6.79 Å². The summed E-state index contributed by atoms with van der Waals surface area (Å²) >= 11 is 3.67. The van der Waals surface area contributed by atoms with Crippen molar-refractivity contribution in [3.8, 4) is 11.5 Å². The average Bonchev–Trinajstić information content (AvgIpc) is 2.73. The second-order valence-corrected chi connectivity index (χ2v) is 6.34. The first-order valence-electron chi connectivity index (χ1n) is 6.44. The van der Waals surface area contributed by atoms with Gasteiger partial charge in [0.1, 0.15) is 0 Å². The maximum absolute atomic E-state index is 6.51. The smallest absolute Gasteiger partial charge is 0.231 e. The first-order chi connectivity index (χ1) is 8.53. The molecule has 1 heterocycles. The van der Waals surface area contributed by atoms with Gasteiger partial charge in [0.25, 0.3) is 0 Å². The first-order valence-corrected chi connectivity index (χ1v) is 7.23. The van der Waals surface area contributed by atoms with Gasteiger partial charge in [0, 0.05) is 5.54 Å². The maximum Gasteiger partial charge on any atom is 0.231 e. The zero-order valence-corrected chi connectivity index (χ0v) is 12.3. The van der Waals surface area contributed by atoms with Gasteiger partial charge in [-0.25, -0.2) is 0 Å². The highest BCUT2D eigenvalue weighted by Gasteiger charge is 2.39. The summed E-state index contributed by atoms with van der Waals surface area (Å²) in [6, 6.07) is 2.08. The van der Waals surface area contributed by atoms with Crippen molar-refractivity contribution in [2.75, 3.05) is 6.79 Å². The Bertz CT molecular complexity index is 495. The largest absolute Gasteiger partial charge is 0.454 e. The second-order valence-electron chi connectivity index (χ2n) is 5.55. The highest BCUT2D eigenvalue weighted by atomic mass is 79.9. The molecule has 2 N–H and O–H groups in total. The van der Waals surface area contributed by atoms with E-state index in [1.165, 1.54) is 17.5 Å². The normalized spacial score (nSPS) is 20.1. The third-order valence-corrected chi connectivity index (χ3v) is 4.79. The molecule has 1 aliphatic heterocycles. The van der Waals surface area contributed by atoms with E-state index in [1.807, 2.05) is 0 Å². The van der Waals surface area contributed by atoms with Crippen LogP contribution in [0.1, 0.15) is 50.2 Å². The van der Waals surface area contributed by atoms with Crippen LogP contribution in [0.15, 0.2) is 10.5 Å². The van der Waals surface area contributed by atoms with Crippen molar-refractivity contribution in [3.63, 3.8) is 0 Å². The molecule has 3 rings (SSSR count). The Morgan fingerprint density at radius 2 is 2.06 bits per heavy atom. The standard InChI is InChI=1S/C14H18BrNO2/c1-8(2)11-9(14(16)4-3-5-14)6-10-13(12(11)15)18-7-17-10/h6,8H,3-5,7,16H2,1-2H3. The van der Waals surface area contributed by atoms with Crippen LogP contribution in [0.3, 0.4) is 0 Å². The Balaban J connectivity index is 2.20. The van der Waals surface area contributed by atoms with Crippen LogP contribution >= 0.6 is 15.9 Å². The van der Waals surface area contributed by atoms with Gasteiger partial charge in [0.05, 0.1) is 4.47 Å². The predicted molar refractivity (Wildman–Crippen MR) is 74.1 cm³/mol. The molecule has 2 aliphatic rings. The predicted octanol–water partition coefficient (Wildman–Crippen LogP) is 3.64. The molecule has 0 aromatic heterocycles. The minimum absolute atomic E-state index is 0.177. The Morgan fingerprint density at radius 3 is 2.61 bits per heavy atom. The van der Waals surface area contributed by atoms with E-state index < -0.39 is 0 Å². The van der Waals surface area contributed by atoms with E-state index in [9.17, 15) is 0 Å². The van der Waals surface area contributed by atoms with E-state index in [-0.39, 0.29) is 5.54 Å². The summed E-state index contributed by atoms with van der Waals surface area (Å²) in [6.45, 7) is 4.67. The zero-order valence-electron chi connectivity index (χ0n) is 10.8. The number of hydrogen-bond acceptors (Lipinski definition) is 3. The van der Waals surface area contributed by atoms with Crippen LogP contribution in [0.25, 0.3) is 0 Å². The molecule has 0 bridgehead atoms.